The van der Waals surface area contributed by atoms with Crippen molar-refractivity contribution in [2.45, 2.75) is 137 Å². The van der Waals surface area contributed by atoms with Gasteiger partial charge >= 0.3 is 21.1 Å². The van der Waals surface area contributed by atoms with Gasteiger partial charge in [-0.1, -0.05) is 333 Å². The van der Waals surface area contributed by atoms with Gasteiger partial charge in [0.1, 0.15) is 0 Å². The smallest absolute Gasteiger partial charge is 0.405 e. The Labute approximate surface area is 879 Å². The van der Waals surface area contributed by atoms with Crippen molar-refractivity contribution in [1.82, 2.24) is 43.6 Å². The highest BCUT2D eigenvalue weighted by molar-refractivity contribution is 9.10. The van der Waals surface area contributed by atoms with Crippen molar-refractivity contribution in [3.05, 3.63) is 399 Å². The van der Waals surface area contributed by atoms with Crippen molar-refractivity contribution in [3.63, 3.8) is 0 Å². The Bertz CT molecular complexity index is 8330. The van der Waals surface area contributed by atoms with Crippen molar-refractivity contribution < 1.29 is 38.4 Å². The van der Waals surface area contributed by atoms with Crippen LogP contribution in [0.4, 0.5) is 4.39 Å². The van der Waals surface area contributed by atoms with Crippen LogP contribution >= 0.6 is 27.3 Å². The zero-order valence-corrected chi connectivity index (χ0v) is 86.7. The predicted molar refractivity (Wildman–Crippen MR) is 615 cm³/mol. The summed E-state index contributed by atoms with van der Waals surface area (Å²) in [5.74, 6) is 1.95. The van der Waals surface area contributed by atoms with Crippen molar-refractivity contribution >= 4 is 139 Å². The number of nitrogens with zero attached hydrogens (tertiary/aromatic N) is 9. The van der Waals surface area contributed by atoms with Crippen LogP contribution in [0.5, 0.6) is 0 Å². The van der Waals surface area contributed by atoms with Gasteiger partial charge in [-0.05, 0) is 209 Å². The maximum Gasteiger partial charge on any atom is 0.494 e. The number of aromatic nitrogens is 9. The summed E-state index contributed by atoms with van der Waals surface area (Å²) in [6.45, 7) is 26.5. The molecule has 26 rings (SSSR count). The molecule has 0 amide bonds. The van der Waals surface area contributed by atoms with E-state index in [0.29, 0.717) is 17.8 Å². The van der Waals surface area contributed by atoms with E-state index in [0.717, 1.165) is 135 Å². The summed E-state index contributed by atoms with van der Waals surface area (Å²) >= 11 is 5.50. The predicted octanol–water partition coefficient (Wildman–Crippen LogP) is 31.8. The molecule has 0 atom stereocenters. The third-order valence-electron chi connectivity index (χ3n) is 29.2. The van der Waals surface area contributed by atoms with Crippen molar-refractivity contribution in [2.24, 2.45) is 0 Å². The molecule has 148 heavy (non-hydrogen) atoms. The fraction of sp³-hybridized carbons (Fsp3) is 0.190. The SMILES string of the molecule is Brc1ccc2c(c1)c1ccccc1n2-c1nc(-c2ccccc2)cc(-c2ccccc2)n1.C.C1CCOC1.CC1(C)OB(B2OC(C)(C)C(C)(C)O2)OC1(C)C.CC1(C)OB(c2ccc3c(c2)c2ccccc2n3-c2nc(-c3ccccc3)cc(-c3ccccc3)n2)OC1(C)C.[2H]CF.c1ccc(-c2cc(-c3ccccc3)nc(-n3c4ccccc4c4cc(-c5cccc(-c6cccc7c6sc6ccccc67)c5)ccc43)n2)cc1. The summed E-state index contributed by atoms with van der Waals surface area (Å²) in [7, 11) is -2.38. The summed E-state index contributed by atoms with van der Waals surface area (Å²) in [5.41, 5.74) is 21.7. The summed E-state index contributed by atoms with van der Waals surface area (Å²) in [5, 5.41) is 9.57. The normalized spacial score (nSPS) is 15.6. The van der Waals surface area contributed by atoms with Crippen LogP contribution in [0.15, 0.2) is 399 Å². The van der Waals surface area contributed by atoms with E-state index in [4.69, 9.17) is 63.9 Å². The van der Waals surface area contributed by atoms with Gasteiger partial charge in [-0.3, -0.25) is 18.1 Å². The number of fused-ring (bicyclic) bond motifs is 12. The monoisotopic (exact) mass is 2030 g/mol. The van der Waals surface area contributed by atoms with Crippen LogP contribution < -0.4 is 5.46 Å². The van der Waals surface area contributed by atoms with Crippen molar-refractivity contribution in [2.75, 3.05) is 20.4 Å². The molecule has 0 N–H and O–H groups in total. The number of para-hydroxylation sites is 3. The van der Waals surface area contributed by atoms with E-state index >= 15 is 0 Å². The van der Waals surface area contributed by atoms with Gasteiger partial charge in [0.15, 0.2) is 0 Å². The number of rotatable bonds is 13. The molecule has 4 aliphatic heterocycles. The quantitative estimate of drug-likeness (QED) is 0.101. The molecule has 4 saturated heterocycles. The minimum absolute atomic E-state index is 0. The van der Waals surface area contributed by atoms with E-state index in [1.54, 1.807) is 0 Å². The summed E-state index contributed by atoms with van der Waals surface area (Å²) in [6.07, 6.45) is 2.56. The third-order valence-corrected chi connectivity index (χ3v) is 30.9. The first-order valence-electron chi connectivity index (χ1n) is 50.6. The highest BCUT2D eigenvalue weighted by Crippen LogP contribution is 2.47. The Hall–Kier alpha value is -14.5. The molecule has 22 aromatic rings. The molecule has 0 unspecified atom stereocenters. The van der Waals surface area contributed by atoms with E-state index in [9.17, 15) is 4.39 Å². The van der Waals surface area contributed by atoms with E-state index in [-0.39, 0.29) is 29.8 Å². The van der Waals surface area contributed by atoms with Gasteiger partial charge in [0.2, 0.25) is 17.8 Å². The summed E-state index contributed by atoms with van der Waals surface area (Å²) in [6, 6.07) is 137. The fourth-order valence-corrected chi connectivity index (χ4v) is 21.0. The zero-order valence-electron chi connectivity index (χ0n) is 85.3. The Morgan fingerprint density at radius 1 is 0.284 bits per heavy atom. The first kappa shape index (κ1) is 99.5. The molecule has 7 aromatic heterocycles. The number of halogens is 2. The number of alkyl halides is 1. The lowest BCUT2D eigenvalue weighted by Gasteiger charge is -2.32. The lowest BCUT2D eigenvalue weighted by atomic mass is 9.49. The van der Waals surface area contributed by atoms with Gasteiger partial charge in [0, 0.05) is 104 Å². The molecule has 736 valence electrons. The standard InChI is InChI=1S/C46H29N3S.C34H30BN3O2.C28H18BrN3.C12H24B2O4.C4H8O.CH3F.CH4/c1-3-13-30(14-4-1)40-29-41(31-15-5-2-6-16-31)48-46(47-40)49-42-23-9-7-19-36(42)39-28-33(25-26-43(39)49)32-17-11-18-34(27-32)35-21-12-22-38-37-20-8-10-24-44(37)50-45(35)38;1-33(2)34(3,4)40-35(39-33)25-19-20-31-27(21-25)26-17-11-12-18-30(26)38(31)32-36-28(23-13-7-5-8-14-23)22-29(37-32)24-15-9-6-10-16-24;29-21-15-16-27-23(17-21)22-13-7-8-14-26(22)32(27)28-30-24(19-9-3-1-4-10-19)18-25(31-28)20-11-5-2-6-12-20;1-9(2)10(3,4)16-13(15-9)14-17-11(5,6)12(7,8)18-14;1-2-4-5-3-1;1-2;/h1-29H;5-22H,1-4H3;1-18H;1-8H3;1-4H2;1H3;1H4/i;;;;;1D;. The van der Waals surface area contributed by atoms with E-state index in [1.165, 1.54) is 76.8 Å². The van der Waals surface area contributed by atoms with E-state index in [1.807, 2.05) is 152 Å². The van der Waals surface area contributed by atoms with Crippen LogP contribution in [0.25, 0.3) is 193 Å². The maximum atomic E-state index is 9.96. The molecule has 22 heteroatoms. The average molecular weight is 2030 g/mol. The first-order valence-corrected chi connectivity index (χ1v) is 51.5. The van der Waals surface area contributed by atoms with Crippen LogP contribution in [0, 0.1) is 0 Å². The van der Waals surface area contributed by atoms with Crippen LogP contribution in [0.2, 0.25) is 0 Å². The molecular formula is C126H116B3BrFN9O7S. The molecule has 0 bridgehead atoms. The Morgan fingerprint density at radius 3 is 0.953 bits per heavy atom. The van der Waals surface area contributed by atoms with Crippen LogP contribution in [-0.4, -0.2) is 119 Å². The lowest BCUT2D eigenvalue weighted by Crippen LogP contribution is -2.41. The zero-order chi connectivity index (χ0) is 102. The average Bonchev–Trinajstić information content (AvgIpc) is 1.53. The minimum Gasteiger partial charge on any atom is -0.405 e. The van der Waals surface area contributed by atoms with Gasteiger partial charge in [-0.15, -0.1) is 11.3 Å². The van der Waals surface area contributed by atoms with Gasteiger partial charge in [0.25, 0.3) is 0 Å². The minimum atomic E-state index is -1.00. The maximum absolute atomic E-state index is 9.96. The second-order valence-electron chi connectivity index (χ2n) is 40.3. The number of hydrogen-bond donors (Lipinski definition) is 0. The Balaban J connectivity index is 0.000000122. The number of benzene rings is 15. The lowest BCUT2D eigenvalue weighted by molar-refractivity contribution is 0.00578. The molecule has 16 nitrogen and oxygen atoms in total. The second-order valence-corrected chi connectivity index (χ2v) is 42.2. The molecule has 4 aliphatic rings. The van der Waals surface area contributed by atoms with Crippen LogP contribution in [0.1, 0.15) is 105 Å². The number of hydrogen-bond acceptors (Lipinski definition) is 14. The Kier molecular flexibility index (Phi) is 28.2. The van der Waals surface area contributed by atoms with Gasteiger partial charge in [-0.25, -0.2) is 29.9 Å². The van der Waals surface area contributed by atoms with Crippen LogP contribution in [0.3, 0.4) is 0 Å². The highest BCUT2D eigenvalue weighted by Gasteiger charge is 2.64. The molecule has 4 fully saturated rings. The molecule has 0 saturated carbocycles. The summed E-state index contributed by atoms with van der Waals surface area (Å²) < 4.78 is 67.3. The molecule has 0 radical (unpaired) electrons. The summed E-state index contributed by atoms with van der Waals surface area (Å²) in [4.78, 5) is 30.7. The Morgan fingerprint density at radius 2 is 0.574 bits per heavy atom. The van der Waals surface area contributed by atoms with Crippen molar-refractivity contribution in [1.29, 1.82) is 0 Å². The third kappa shape index (κ3) is 20.0. The van der Waals surface area contributed by atoms with Crippen LogP contribution in [-0.2, 0) is 32.7 Å². The highest BCUT2D eigenvalue weighted by atomic mass is 79.9. The van der Waals surface area contributed by atoms with E-state index < -0.39 is 39.5 Å². The molecule has 15 aromatic carbocycles. The van der Waals surface area contributed by atoms with E-state index in [2.05, 4.69) is 367 Å². The molecule has 0 spiro atoms. The number of ether oxygens (including phenoxy) is 1. The fourth-order valence-electron chi connectivity index (χ4n) is 19.4. The topological polar surface area (TPSA) is 157 Å². The molecule has 11 heterocycles. The molecule has 0 aliphatic carbocycles. The van der Waals surface area contributed by atoms with Gasteiger partial charge in [0.05, 0.1) is 109 Å². The second kappa shape index (κ2) is 42.0. The van der Waals surface area contributed by atoms with Crippen molar-refractivity contribution in [3.8, 4) is 108 Å². The van der Waals surface area contributed by atoms with Gasteiger partial charge < -0.3 is 32.7 Å². The first-order chi connectivity index (χ1) is 71.7. The largest absolute Gasteiger partial charge is 0.494 e. The number of thiophene rings is 1. The molecular weight excluding hydrogens is 1910 g/mol. The van der Waals surface area contributed by atoms with Gasteiger partial charge in [-0.2, -0.15) is 0 Å².